The summed E-state index contributed by atoms with van der Waals surface area (Å²) in [4.78, 5) is 92.1. The molecule has 0 aliphatic carbocycles. The van der Waals surface area contributed by atoms with Crippen molar-refractivity contribution in [2.75, 3.05) is 80.0 Å². The van der Waals surface area contributed by atoms with E-state index < -0.39 is 23.0 Å². The first-order valence-electron chi connectivity index (χ1n) is 25.7. The zero-order chi connectivity index (χ0) is 58.6. The Hall–Kier alpha value is -6.30. The normalized spacial score (nSPS) is 12.3. The number of hydrogen-bond donors (Lipinski definition) is 4. The minimum Gasteiger partial charge on any atom is -0.464 e. The maximum Gasteiger partial charge on any atom is 0.407 e. The highest BCUT2D eigenvalue weighted by Crippen LogP contribution is 2.22. The number of aryl methyl sites for hydroxylation is 4. The van der Waals surface area contributed by atoms with E-state index >= 15 is 0 Å². The minimum atomic E-state index is -0.546. The fourth-order valence-electron chi connectivity index (χ4n) is 5.32. The first-order valence-corrected chi connectivity index (χ1v) is 25.7. The number of rotatable bonds is 26. The van der Waals surface area contributed by atoms with Crippen molar-refractivity contribution in [2.24, 2.45) is 22.7 Å². The van der Waals surface area contributed by atoms with Crippen LogP contribution in [0.3, 0.4) is 0 Å². The van der Waals surface area contributed by atoms with Crippen molar-refractivity contribution in [3.8, 4) is 0 Å². The van der Waals surface area contributed by atoms with E-state index in [2.05, 4.69) is 31.5 Å². The molecule has 4 amide bonds. The Morgan fingerprint density at radius 1 is 0.513 bits per heavy atom. The predicted octanol–water partition coefficient (Wildman–Crippen LogP) is 6.75. The van der Waals surface area contributed by atoms with Gasteiger partial charge in [0.1, 0.15) is 38.6 Å². The fraction of sp³-hybridized carbons (Fsp3) is 0.731. The fourth-order valence-corrected chi connectivity index (χ4v) is 5.32. The second-order valence-electron chi connectivity index (χ2n) is 19.0. The third-order valence-electron chi connectivity index (χ3n) is 11.2. The second kappa shape index (κ2) is 39.1. The molecule has 0 bridgehead atoms. The summed E-state index contributed by atoms with van der Waals surface area (Å²) < 4.78 is 42.4. The number of alkyl carbamates (subject to hydrolysis) is 2. The number of nitrogens with zero attached hydrogens (tertiary/aromatic N) is 4. The molecule has 4 unspecified atom stereocenters. The topological polar surface area (TPSA) is 294 Å². The van der Waals surface area contributed by atoms with Gasteiger partial charge >= 0.3 is 48.1 Å². The Morgan fingerprint density at radius 2 is 0.816 bits per heavy atom. The molecule has 76 heavy (non-hydrogen) atoms. The maximum absolute atomic E-state index is 11.8. The van der Waals surface area contributed by atoms with Gasteiger partial charge in [-0.1, -0.05) is 41.5 Å². The molecule has 2 aromatic rings. The lowest BCUT2D eigenvalue weighted by Crippen LogP contribution is -2.34. The number of methoxy groups -OCH3 is 2. The Morgan fingerprint density at radius 3 is 1.08 bits per heavy atom. The predicted molar refractivity (Wildman–Crippen MR) is 284 cm³/mol. The van der Waals surface area contributed by atoms with Crippen LogP contribution >= 0.6 is 0 Å². The van der Waals surface area contributed by atoms with Crippen LogP contribution in [0.15, 0.2) is 12.1 Å². The molecule has 0 saturated carbocycles. The maximum atomic E-state index is 11.8. The molecule has 0 fully saturated rings. The standard InChI is InChI=1S/C14H23N3O3.C13H21N3O3.C13H25NO5.C12H23NO5/c1-6-14(4,5)12(18)20-8-7-15-13(19)17-11(3)9-10(2)16-17;1-5-9(2)12(17)19-7-6-14-13(18)16-11(4)8-10(3)15-16;1-6-13(3,4)11(15)18-8-7-14-12(16)19-10(2)9-17-5;1-5-9(2)11(14)17-7-6-13-12(15)18-10(3)8-16-4/h9H,6-8H2,1-5H3,(H,15,19);8-9H,5-7H2,1-4H3,(H,14,18);10H,6-9H2,1-5H3,(H,14,16);9-10H,5-8H2,1-4H3,(H,13,15). The average Bonchev–Trinajstić information content (AvgIpc) is 3.91. The van der Waals surface area contributed by atoms with Crippen molar-refractivity contribution in [1.29, 1.82) is 0 Å². The Labute approximate surface area is 450 Å². The van der Waals surface area contributed by atoms with Gasteiger partial charge in [0.05, 0.1) is 73.4 Å². The van der Waals surface area contributed by atoms with Crippen LogP contribution in [0.2, 0.25) is 0 Å². The van der Waals surface area contributed by atoms with Gasteiger partial charge in [-0.05, 0) is 107 Å². The molecule has 24 nitrogen and oxygen atoms in total. The summed E-state index contributed by atoms with van der Waals surface area (Å²) >= 11 is 0. The monoisotopic (exact) mass is 1080 g/mol. The first kappa shape index (κ1) is 71.8. The van der Waals surface area contributed by atoms with Gasteiger partial charge in [0.2, 0.25) is 0 Å². The minimum absolute atomic E-state index is 0.105. The van der Waals surface area contributed by atoms with E-state index in [0.29, 0.717) is 26.1 Å². The van der Waals surface area contributed by atoms with Crippen LogP contribution < -0.4 is 21.3 Å². The summed E-state index contributed by atoms with van der Waals surface area (Å²) in [5.41, 5.74) is 2.13. The van der Waals surface area contributed by atoms with Crippen molar-refractivity contribution < 1.29 is 76.3 Å². The highest BCUT2D eigenvalue weighted by molar-refractivity contribution is 5.78. The number of amides is 4. The van der Waals surface area contributed by atoms with Gasteiger partial charge in [-0.15, -0.1) is 0 Å². The van der Waals surface area contributed by atoms with Gasteiger partial charge in [0.25, 0.3) is 0 Å². The van der Waals surface area contributed by atoms with Gasteiger partial charge in [0, 0.05) is 25.6 Å². The Balaban J connectivity index is 0. The number of carbonyl (C=O) groups is 8. The molecule has 0 saturated heterocycles. The summed E-state index contributed by atoms with van der Waals surface area (Å²) in [6, 6.07) is 3.01. The molecule has 0 radical (unpaired) electrons. The van der Waals surface area contributed by atoms with E-state index in [9.17, 15) is 38.4 Å². The largest absolute Gasteiger partial charge is 0.464 e. The third-order valence-corrected chi connectivity index (χ3v) is 11.2. The highest BCUT2D eigenvalue weighted by Gasteiger charge is 2.28. The number of aromatic nitrogens is 4. The second-order valence-corrected chi connectivity index (χ2v) is 19.0. The van der Waals surface area contributed by atoms with Crippen LogP contribution in [-0.4, -0.2) is 160 Å². The molecule has 0 aliphatic heterocycles. The molecule has 0 spiro atoms. The van der Waals surface area contributed by atoms with Crippen LogP contribution in [0.5, 0.6) is 0 Å². The molecular formula is C52H92N8O16. The van der Waals surface area contributed by atoms with Crippen molar-refractivity contribution in [1.82, 2.24) is 40.8 Å². The van der Waals surface area contributed by atoms with E-state index in [0.717, 1.165) is 35.6 Å². The molecule has 2 aromatic heterocycles. The smallest absolute Gasteiger partial charge is 0.407 e. The summed E-state index contributed by atoms with van der Waals surface area (Å²) in [5.74, 6) is -1.22. The molecule has 2 rings (SSSR count). The zero-order valence-corrected chi connectivity index (χ0v) is 48.7. The molecule has 24 heteroatoms. The van der Waals surface area contributed by atoms with Crippen molar-refractivity contribution in [2.45, 2.75) is 149 Å². The van der Waals surface area contributed by atoms with E-state index in [-0.39, 0.29) is 113 Å². The van der Waals surface area contributed by atoms with Gasteiger partial charge in [0.15, 0.2) is 0 Å². The molecule has 0 aliphatic rings. The van der Waals surface area contributed by atoms with Crippen molar-refractivity contribution in [3.63, 3.8) is 0 Å². The molecule has 4 atom stereocenters. The lowest BCUT2D eigenvalue weighted by atomic mass is 9.91. The van der Waals surface area contributed by atoms with E-state index in [1.165, 1.54) is 23.6 Å². The van der Waals surface area contributed by atoms with Gasteiger partial charge < -0.3 is 59.2 Å². The van der Waals surface area contributed by atoms with Crippen LogP contribution in [0.25, 0.3) is 0 Å². The van der Waals surface area contributed by atoms with Crippen LogP contribution in [0, 0.1) is 50.4 Å². The summed E-state index contributed by atoms with van der Waals surface area (Å²) in [5, 5.41) is 18.4. The SMILES string of the molecule is CCC(C)(C)C(=O)OCCNC(=O)OC(C)COC.CCC(C)(C)C(=O)OCCNC(=O)n1nc(C)cc1C.CCC(C)C(=O)OCCNC(=O)OC(C)COC.CCC(C)C(=O)OCCNC(=O)n1nc(C)cc1C. The zero-order valence-electron chi connectivity index (χ0n) is 48.7. The summed E-state index contributed by atoms with van der Waals surface area (Å²) in [7, 11) is 3.07. The Kier molecular flexibility index (Phi) is 37.0. The number of ether oxygens (including phenoxy) is 8. The summed E-state index contributed by atoms with van der Waals surface area (Å²) in [6.45, 7) is 31.7. The number of hydrogen-bond acceptors (Lipinski definition) is 18. The Bertz CT molecular complexity index is 2050. The van der Waals surface area contributed by atoms with E-state index in [1.807, 2.05) is 102 Å². The number of esters is 4. The molecule has 2 heterocycles. The van der Waals surface area contributed by atoms with Crippen molar-refractivity contribution in [3.05, 3.63) is 34.9 Å². The lowest BCUT2D eigenvalue weighted by molar-refractivity contribution is -0.154. The van der Waals surface area contributed by atoms with Crippen LogP contribution in [0.1, 0.15) is 132 Å². The van der Waals surface area contributed by atoms with E-state index in [4.69, 9.17) is 37.9 Å². The van der Waals surface area contributed by atoms with Crippen LogP contribution in [-0.2, 0) is 57.1 Å². The quantitative estimate of drug-likeness (QED) is 0.0430. The van der Waals surface area contributed by atoms with Crippen LogP contribution in [0.4, 0.5) is 19.2 Å². The van der Waals surface area contributed by atoms with Gasteiger partial charge in [-0.3, -0.25) is 19.2 Å². The first-order chi connectivity index (χ1) is 35.6. The molecular weight excluding hydrogens is 993 g/mol. The molecule has 436 valence electrons. The average molecular weight is 1090 g/mol. The molecule has 4 N–H and O–H groups in total. The molecule has 0 aromatic carbocycles. The van der Waals surface area contributed by atoms with E-state index in [1.54, 1.807) is 20.8 Å². The summed E-state index contributed by atoms with van der Waals surface area (Å²) in [6.07, 6.45) is 1.19. The highest BCUT2D eigenvalue weighted by atomic mass is 16.6. The number of carbonyl (C=O) groups excluding carboxylic acids is 8. The van der Waals surface area contributed by atoms with Gasteiger partial charge in [-0.2, -0.15) is 19.6 Å². The van der Waals surface area contributed by atoms with Gasteiger partial charge in [-0.25, -0.2) is 19.2 Å². The lowest BCUT2D eigenvalue weighted by Gasteiger charge is -2.20. The van der Waals surface area contributed by atoms with Crippen molar-refractivity contribution >= 4 is 48.1 Å². The third kappa shape index (κ3) is 31.6. The number of nitrogens with one attached hydrogen (secondary N) is 4.